The summed E-state index contributed by atoms with van der Waals surface area (Å²) < 4.78 is 27.9. The summed E-state index contributed by atoms with van der Waals surface area (Å²) in [6.07, 6.45) is -0.502. The van der Waals surface area contributed by atoms with Crippen LogP contribution in [0.15, 0.2) is 0 Å². The van der Waals surface area contributed by atoms with Crippen molar-refractivity contribution in [3.05, 3.63) is 0 Å². The molecule has 0 aliphatic carbocycles. The van der Waals surface area contributed by atoms with Crippen molar-refractivity contribution in [2.24, 2.45) is 0 Å². The summed E-state index contributed by atoms with van der Waals surface area (Å²) >= 11 is 0. The molecule has 0 radical (unpaired) electrons. The second-order valence-electron chi connectivity index (χ2n) is 4.67. The van der Waals surface area contributed by atoms with Crippen LogP contribution in [0.25, 0.3) is 0 Å². The van der Waals surface area contributed by atoms with E-state index < -0.39 is 20.9 Å². The third kappa shape index (κ3) is 7.40. The highest BCUT2D eigenvalue weighted by Crippen LogP contribution is 2.09. The fourth-order valence-corrected chi connectivity index (χ4v) is 1.34. The van der Waals surface area contributed by atoms with Crippen LogP contribution in [0.5, 0.6) is 0 Å². The number of hydrogen-bond acceptors (Lipinski definition) is 4. The lowest BCUT2D eigenvalue weighted by Crippen LogP contribution is -2.39. The van der Waals surface area contributed by atoms with Crippen molar-refractivity contribution in [3.63, 3.8) is 0 Å². The highest BCUT2D eigenvalue weighted by atomic mass is 35.7. The molecule has 0 unspecified atom stereocenters. The Kier molecular flexibility index (Phi) is 5.70. The number of amides is 1. The quantitative estimate of drug-likeness (QED) is 0.730. The fourth-order valence-electron chi connectivity index (χ4n) is 0.831. The molecule has 0 N–H and O–H groups in total. The van der Waals surface area contributed by atoms with Crippen LogP contribution in [0.1, 0.15) is 20.8 Å². The van der Waals surface area contributed by atoms with E-state index in [1.807, 2.05) is 0 Å². The molecular formula is C9H19ClN2O4S. The van der Waals surface area contributed by atoms with Crippen molar-refractivity contribution in [1.29, 1.82) is 0 Å². The van der Waals surface area contributed by atoms with Gasteiger partial charge < -0.3 is 9.64 Å². The van der Waals surface area contributed by atoms with E-state index in [1.54, 1.807) is 20.8 Å². The Morgan fingerprint density at radius 3 is 2.06 bits per heavy atom. The van der Waals surface area contributed by atoms with Gasteiger partial charge in [-0.25, -0.2) is 4.79 Å². The first-order chi connectivity index (χ1) is 7.43. The topological polar surface area (TPSA) is 66.9 Å². The van der Waals surface area contributed by atoms with Gasteiger partial charge >= 0.3 is 6.09 Å². The number of likely N-dealkylation sites (N-methyl/N-ethyl adjacent to an activating group) is 2. The van der Waals surface area contributed by atoms with Crippen LogP contribution in [-0.2, 0) is 14.0 Å². The molecule has 0 aromatic rings. The van der Waals surface area contributed by atoms with Crippen LogP contribution < -0.4 is 0 Å². The Bertz CT molecular complexity index is 364. The maximum Gasteiger partial charge on any atom is 0.410 e. The number of carbonyl (C=O) groups excluding carboxylic acids is 1. The zero-order valence-electron chi connectivity index (χ0n) is 10.7. The number of halogens is 1. The van der Waals surface area contributed by atoms with Gasteiger partial charge in [-0.3, -0.25) is 0 Å². The van der Waals surface area contributed by atoms with Crippen LogP contribution in [0.3, 0.4) is 0 Å². The maximum atomic E-state index is 11.5. The Labute approximate surface area is 107 Å². The Balaban J connectivity index is 4.20. The van der Waals surface area contributed by atoms with Crippen LogP contribution in [0.4, 0.5) is 4.79 Å². The minimum Gasteiger partial charge on any atom is -0.444 e. The second kappa shape index (κ2) is 5.88. The first-order valence-corrected chi connectivity index (χ1v) is 7.30. The molecule has 0 bridgehead atoms. The van der Waals surface area contributed by atoms with E-state index in [4.69, 9.17) is 15.4 Å². The molecule has 0 spiro atoms. The molecule has 0 aromatic heterocycles. The van der Waals surface area contributed by atoms with Crippen molar-refractivity contribution in [2.75, 3.05) is 27.2 Å². The minimum absolute atomic E-state index is 0.113. The molecule has 0 aliphatic rings. The zero-order chi connectivity index (χ0) is 13.9. The number of ether oxygens (including phenoxy) is 1. The van der Waals surface area contributed by atoms with Gasteiger partial charge in [0.2, 0.25) is 0 Å². The molecule has 0 saturated heterocycles. The van der Waals surface area contributed by atoms with Gasteiger partial charge in [-0.2, -0.15) is 12.7 Å². The van der Waals surface area contributed by atoms with Crippen molar-refractivity contribution < 1.29 is 17.9 Å². The minimum atomic E-state index is -3.73. The first kappa shape index (κ1) is 16.5. The van der Waals surface area contributed by atoms with Gasteiger partial charge in [0.05, 0.1) is 0 Å². The van der Waals surface area contributed by atoms with Crippen LogP contribution >= 0.6 is 10.7 Å². The second-order valence-corrected chi connectivity index (χ2v) is 7.28. The smallest absolute Gasteiger partial charge is 0.410 e. The number of hydrogen-bond donors (Lipinski definition) is 0. The maximum absolute atomic E-state index is 11.5. The first-order valence-electron chi connectivity index (χ1n) is 5.03. The highest BCUT2D eigenvalue weighted by Gasteiger charge is 2.21. The van der Waals surface area contributed by atoms with E-state index in [1.165, 1.54) is 19.0 Å². The Morgan fingerprint density at radius 2 is 1.71 bits per heavy atom. The third-order valence-corrected chi connectivity index (χ3v) is 3.46. The average molecular weight is 287 g/mol. The lowest BCUT2D eigenvalue weighted by Gasteiger charge is -2.25. The standard InChI is InChI=1S/C9H19ClN2O4S/c1-9(2,3)16-8(13)11(4)6-7-12(5)17(10,14)15/h6-7H2,1-5H3. The summed E-state index contributed by atoms with van der Waals surface area (Å²) in [4.78, 5) is 12.8. The van der Waals surface area contributed by atoms with Gasteiger partial charge in [0, 0.05) is 37.9 Å². The Morgan fingerprint density at radius 1 is 1.24 bits per heavy atom. The van der Waals surface area contributed by atoms with E-state index in [-0.39, 0.29) is 13.1 Å². The molecule has 0 aliphatic heterocycles. The van der Waals surface area contributed by atoms with Crippen LogP contribution in [0.2, 0.25) is 0 Å². The molecule has 0 aromatic carbocycles. The van der Waals surface area contributed by atoms with E-state index in [0.717, 1.165) is 4.31 Å². The number of rotatable bonds is 4. The van der Waals surface area contributed by atoms with Crippen LogP contribution in [0, 0.1) is 0 Å². The summed E-state index contributed by atoms with van der Waals surface area (Å²) in [5.74, 6) is 0. The molecule has 0 fully saturated rings. The van der Waals surface area contributed by atoms with Gasteiger partial charge in [-0.1, -0.05) is 0 Å². The molecule has 8 heteroatoms. The van der Waals surface area contributed by atoms with Gasteiger partial charge in [0.25, 0.3) is 9.24 Å². The van der Waals surface area contributed by atoms with Gasteiger partial charge in [-0.15, -0.1) is 0 Å². The van der Waals surface area contributed by atoms with E-state index >= 15 is 0 Å². The molecule has 0 saturated carbocycles. The fraction of sp³-hybridized carbons (Fsp3) is 0.889. The Hall–Kier alpha value is -0.530. The third-order valence-electron chi connectivity index (χ3n) is 1.83. The van der Waals surface area contributed by atoms with Crippen molar-refractivity contribution in [3.8, 4) is 0 Å². The summed E-state index contributed by atoms with van der Waals surface area (Å²) in [5, 5.41) is 0. The van der Waals surface area contributed by atoms with Crippen molar-refractivity contribution >= 4 is 26.0 Å². The predicted octanol–water partition coefficient (Wildman–Crippen LogP) is 1.27. The molecule has 1 amide bonds. The summed E-state index contributed by atoms with van der Waals surface area (Å²) in [6.45, 7) is 5.59. The zero-order valence-corrected chi connectivity index (χ0v) is 12.3. The van der Waals surface area contributed by atoms with Crippen molar-refractivity contribution in [1.82, 2.24) is 9.21 Å². The van der Waals surface area contributed by atoms with E-state index in [9.17, 15) is 13.2 Å². The average Bonchev–Trinajstić information content (AvgIpc) is 2.08. The monoisotopic (exact) mass is 286 g/mol. The predicted molar refractivity (Wildman–Crippen MR) is 66.3 cm³/mol. The van der Waals surface area contributed by atoms with Gasteiger partial charge in [-0.05, 0) is 20.8 Å². The van der Waals surface area contributed by atoms with E-state index in [0.29, 0.717) is 0 Å². The summed E-state index contributed by atoms with van der Waals surface area (Å²) in [5.41, 5.74) is -0.574. The SMILES string of the molecule is CN(CCN(C)S(=O)(=O)Cl)C(=O)OC(C)(C)C. The largest absolute Gasteiger partial charge is 0.444 e. The molecule has 0 atom stereocenters. The molecule has 6 nitrogen and oxygen atoms in total. The molecule has 0 heterocycles. The molecule has 102 valence electrons. The van der Waals surface area contributed by atoms with Gasteiger partial charge in [0.15, 0.2) is 0 Å². The molecule has 17 heavy (non-hydrogen) atoms. The van der Waals surface area contributed by atoms with Crippen LogP contribution in [-0.4, -0.2) is 56.5 Å². The molecular weight excluding hydrogens is 268 g/mol. The van der Waals surface area contributed by atoms with E-state index in [2.05, 4.69) is 0 Å². The lowest BCUT2D eigenvalue weighted by atomic mass is 10.2. The lowest BCUT2D eigenvalue weighted by molar-refractivity contribution is 0.0295. The normalized spacial score (nSPS) is 12.6. The summed E-state index contributed by atoms with van der Waals surface area (Å²) in [6, 6.07) is 0. The highest BCUT2D eigenvalue weighted by molar-refractivity contribution is 8.11. The number of carbonyl (C=O) groups is 1. The van der Waals surface area contributed by atoms with Gasteiger partial charge in [0.1, 0.15) is 5.60 Å². The number of nitrogens with zero attached hydrogens (tertiary/aromatic N) is 2. The molecule has 0 rings (SSSR count). The van der Waals surface area contributed by atoms with Crippen molar-refractivity contribution in [2.45, 2.75) is 26.4 Å². The summed E-state index contributed by atoms with van der Waals surface area (Å²) in [7, 11) is 4.25.